The minimum absolute atomic E-state index is 1.02. The van der Waals surface area contributed by atoms with E-state index < -0.39 is 15.6 Å². The fourth-order valence-electron chi connectivity index (χ4n) is 3.05. The lowest BCUT2D eigenvalue weighted by molar-refractivity contribution is -0.0510. The van der Waals surface area contributed by atoms with E-state index in [4.69, 9.17) is 13.0 Å². The summed E-state index contributed by atoms with van der Waals surface area (Å²) in [5.74, 6) is 1.02. The van der Waals surface area contributed by atoms with Crippen molar-refractivity contribution < 1.29 is 26.1 Å². The summed E-state index contributed by atoms with van der Waals surface area (Å²) in [5.41, 5.74) is -5.53. The number of nitrogens with zero attached hydrogens (tertiary/aromatic N) is 1. The Balaban J connectivity index is 0.000000609. The Morgan fingerprint density at radius 1 is 1.00 bits per heavy atom. The van der Waals surface area contributed by atoms with Gasteiger partial charge in [-0.15, -0.1) is 0 Å². The van der Waals surface area contributed by atoms with E-state index in [0.717, 1.165) is 5.92 Å². The number of halogens is 3. The summed E-state index contributed by atoms with van der Waals surface area (Å²) in [7, 11) is -5.84. The van der Waals surface area contributed by atoms with Gasteiger partial charge in [-0.05, 0) is 38.3 Å². The minimum Gasteiger partial charge on any atom is -0.303 e. The zero-order valence-corrected chi connectivity index (χ0v) is 16.3. The molecule has 8 heteroatoms. The van der Waals surface area contributed by atoms with E-state index in [2.05, 4.69) is 18.7 Å². The quantitative estimate of drug-likeness (QED) is 0.315. The van der Waals surface area contributed by atoms with E-state index >= 15 is 0 Å². The highest BCUT2D eigenvalue weighted by molar-refractivity contribution is 7.86. The van der Waals surface area contributed by atoms with Crippen molar-refractivity contribution in [3.8, 4) is 0 Å². The van der Waals surface area contributed by atoms with Gasteiger partial charge in [0, 0.05) is 6.54 Å². The monoisotopic (exact) mass is 389 g/mol. The van der Waals surface area contributed by atoms with Crippen molar-refractivity contribution in [2.75, 3.05) is 19.6 Å². The van der Waals surface area contributed by atoms with Crippen LogP contribution in [-0.2, 0) is 10.1 Å². The number of hydrogen-bond donors (Lipinski definition) is 1. The first-order chi connectivity index (χ1) is 11.6. The van der Waals surface area contributed by atoms with E-state index in [9.17, 15) is 13.2 Å². The molecule has 0 bridgehead atoms. The molecule has 1 atom stereocenters. The van der Waals surface area contributed by atoms with Gasteiger partial charge in [0.25, 0.3) is 0 Å². The van der Waals surface area contributed by atoms with Gasteiger partial charge in [-0.3, -0.25) is 4.55 Å². The first-order valence-corrected chi connectivity index (χ1v) is 10.8. The molecule has 152 valence electrons. The molecule has 1 rings (SSSR count). The zero-order valence-electron chi connectivity index (χ0n) is 15.5. The molecule has 0 aliphatic carbocycles. The molecular weight excluding hydrogens is 355 g/mol. The third-order valence-electron chi connectivity index (χ3n) is 4.44. The largest absolute Gasteiger partial charge is 0.522 e. The van der Waals surface area contributed by atoms with Gasteiger partial charge in [0.1, 0.15) is 0 Å². The molecule has 4 nitrogen and oxygen atoms in total. The van der Waals surface area contributed by atoms with Crippen LogP contribution in [0.1, 0.15) is 78.1 Å². The molecule has 1 unspecified atom stereocenters. The van der Waals surface area contributed by atoms with Gasteiger partial charge in [-0.2, -0.15) is 21.6 Å². The van der Waals surface area contributed by atoms with Crippen LogP contribution in [0.4, 0.5) is 13.2 Å². The van der Waals surface area contributed by atoms with Gasteiger partial charge in [0.05, 0.1) is 0 Å². The van der Waals surface area contributed by atoms with E-state index in [0.29, 0.717) is 0 Å². The smallest absolute Gasteiger partial charge is 0.303 e. The number of alkyl halides is 3. The Morgan fingerprint density at radius 3 is 2.00 bits per heavy atom. The lowest BCUT2D eigenvalue weighted by Crippen LogP contribution is -2.21. The van der Waals surface area contributed by atoms with E-state index in [1.54, 1.807) is 0 Å². The number of rotatable bonds is 10. The highest BCUT2D eigenvalue weighted by Crippen LogP contribution is 2.21. The molecule has 0 radical (unpaired) electrons. The van der Waals surface area contributed by atoms with Crippen molar-refractivity contribution in [3.05, 3.63) is 0 Å². The molecule has 0 aromatic rings. The van der Waals surface area contributed by atoms with Gasteiger partial charge in [0.2, 0.25) is 0 Å². The summed E-state index contributed by atoms with van der Waals surface area (Å²) in [6.07, 6.45) is 14.4. The van der Waals surface area contributed by atoms with Crippen molar-refractivity contribution in [1.82, 2.24) is 4.90 Å². The standard InChI is InChI=1S/C16H33N.CHF3O3S/c1-3-5-6-7-8-9-10-13-17-14-12-16(15-17)11-4-2;2-1(3,4)8(5,6)7/h16H,3-15H2,1-2H3;(H,5,6,7). The molecule has 1 aliphatic heterocycles. The van der Waals surface area contributed by atoms with E-state index in [-0.39, 0.29) is 0 Å². The second kappa shape index (κ2) is 12.9. The van der Waals surface area contributed by atoms with Gasteiger partial charge >= 0.3 is 15.6 Å². The summed E-state index contributed by atoms with van der Waals surface area (Å²) < 4.78 is 57.5. The predicted molar refractivity (Wildman–Crippen MR) is 95.1 cm³/mol. The molecule has 1 heterocycles. The fourth-order valence-corrected chi connectivity index (χ4v) is 3.05. The van der Waals surface area contributed by atoms with Crippen molar-refractivity contribution in [3.63, 3.8) is 0 Å². The second-order valence-electron chi connectivity index (χ2n) is 6.79. The number of unbranched alkanes of at least 4 members (excludes halogenated alkanes) is 6. The zero-order chi connectivity index (χ0) is 19.3. The Kier molecular flexibility index (Phi) is 12.7. The molecule has 0 aromatic heterocycles. The number of hydrogen-bond acceptors (Lipinski definition) is 3. The second-order valence-corrected chi connectivity index (χ2v) is 8.20. The minimum atomic E-state index is -5.84. The summed E-state index contributed by atoms with van der Waals surface area (Å²) in [6, 6.07) is 0. The Morgan fingerprint density at radius 2 is 1.52 bits per heavy atom. The Hall–Kier alpha value is -0.340. The third kappa shape index (κ3) is 12.6. The third-order valence-corrected chi connectivity index (χ3v) is 5.02. The van der Waals surface area contributed by atoms with Crippen molar-refractivity contribution in [1.29, 1.82) is 0 Å². The van der Waals surface area contributed by atoms with Crippen LogP contribution in [0.2, 0.25) is 0 Å². The first-order valence-electron chi connectivity index (χ1n) is 9.37. The van der Waals surface area contributed by atoms with Gasteiger partial charge in [-0.1, -0.05) is 58.8 Å². The normalized spacial score (nSPS) is 18.9. The van der Waals surface area contributed by atoms with Crippen LogP contribution in [0.25, 0.3) is 0 Å². The van der Waals surface area contributed by atoms with E-state index in [1.165, 1.54) is 83.8 Å². The van der Waals surface area contributed by atoms with Crippen molar-refractivity contribution in [2.24, 2.45) is 5.92 Å². The van der Waals surface area contributed by atoms with Crippen LogP contribution in [0.5, 0.6) is 0 Å². The van der Waals surface area contributed by atoms with Gasteiger partial charge in [0.15, 0.2) is 0 Å². The van der Waals surface area contributed by atoms with Crippen LogP contribution in [0, 0.1) is 5.92 Å². The molecule has 1 fully saturated rings. The lowest BCUT2D eigenvalue weighted by Gasteiger charge is -2.15. The molecule has 0 saturated carbocycles. The van der Waals surface area contributed by atoms with Gasteiger partial charge in [-0.25, -0.2) is 0 Å². The molecule has 0 spiro atoms. The van der Waals surface area contributed by atoms with Crippen molar-refractivity contribution >= 4 is 10.1 Å². The molecule has 0 aromatic carbocycles. The maximum Gasteiger partial charge on any atom is 0.522 e. The highest BCUT2D eigenvalue weighted by atomic mass is 32.2. The van der Waals surface area contributed by atoms with E-state index in [1.807, 2.05) is 0 Å². The summed E-state index contributed by atoms with van der Waals surface area (Å²) >= 11 is 0. The van der Waals surface area contributed by atoms with Crippen molar-refractivity contribution in [2.45, 2.75) is 83.6 Å². The SMILES string of the molecule is CCCCCCCCCN1CCC(CCC)C1.O=S(=O)(O)C(F)(F)F. The molecule has 0 amide bonds. The Bertz CT molecular complexity index is 427. The predicted octanol–water partition coefficient (Wildman–Crippen LogP) is 5.25. The molecule has 1 aliphatic rings. The molecule has 1 N–H and O–H groups in total. The summed E-state index contributed by atoms with van der Waals surface area (Å²) in [5, 5.41) is 0. The molecule has 25 heavy (non-hydrogen) atoms. The average Bonchev–Trinajstić information content (AvgIpc) is 2.93. The summed E-state index contributed by atoms with van der Waals surface area (Å²) in [6.45, 7) is 8.75. The van der Waals surface area contributed by atoms with Crippen LogP contribution in [0.15, 0.2) is 0 Å². The maximum absolute atomic E-state index is 10.7. The average molecular weight is 390 g/mol. The van der Waals surface area contributed by atoms with Crippen LogP contribution in [0.3, 0.4) is 0 Å². The highest BCUT2D eigenvalue weighted by Gasteiger charge is 2.44. The molecule has 1 saturated heterocycles. The van der Waals surface area contributed by atoms with Crippen LogP contribution >= 0.6 is 0 Å². The lowest BCUT2D eigenvalue weighted by atomic mass is 10.0. The number of likely N-dealkylation sites (tertiary alicyclic amines) is 1. The first kappa shape index (κ1) is 24.7. The van der Waals surface area contributed by atoms with Crippen LogP contribution < -0.4 is 0 Å². The maximum atomic E-state index is 10.7. The van der Waals surface area contributed by atoms with Gasteiger partial charge < -0.3 is 4.90 Å². The molecular formula is C17H34F3NO3S. The Labute approximate surface area is 150 Å². The van der Waals surface area contributed by atoms with Crippen LogP contribution in [-0.4, -0.2) is 43.0 Å². The topological polar surface area (TPSA) is 57.6 Å². The fraction of sp³-hybridized carbons (Fsp3) is 1.00. The summed E-state index contributed by atoms with van der Waals surface area (Å²) in [4.78, 5) is 2.70.